The van der Waals surface area contributed by atoms with Crippen LogP contribution in [0, 0.1) is 0 Å². The summed E-state index contributed by atoms with van der Waals surface area (Å²) in [7, 11) is 1.47. The number of phenols is 1. The molecule has 23 heavy (non-hydrogen) atoms. The number of hydrogen-bond acceptors (Lipinski definition) is 5. The Labute approximate surface area is 135 Å². The number of phenolic OH excluding ortho intramolecular Hbond substituents is 1. The highest BCUT2D eigenvalue weighted by atomic mass is 16.5. The van der Waals surface area contributed by atoms with Crippen molar-refractivity contribution in [3.63, 3.8) is 0 Å². The van der Waals surface area contributed by atoms with E-state index in [2.05, 4.69) is 4.90 Å². The average molecular weight is 313 g/mol. The number of morpholine rings is 1. The third-order valence-electron chi connectivity index (χ3n) is 3.95. The third kappa shape index (κ3) is 3.29. The Bertz CT molecular complexity index is 691. The van der Waals surface area contributed by atoms with E-state index in [1.165, 1.54) is 13.2 Å². The van der Waals surface area contributed by atoms with Gasteiger partial charge in [0.25, 0.3) is 0 Å². The molecule has 0 atom stereocenters. The van der Waals surface area contributed by atoms with Crippen molar-refractivity contribution in [2.75, 3.05) is 38.3 Å². The van der Waals surface area contributed by atoms with Crippen molar-refractivity contribution in [1.29, 1.82) is 0 Å². The first-order valence-electron chi connectivity index (χ1n) is 7.53. The summed E-state index contributed by atoms with van der Waals surface area (Å²) >= 11 is 0. The van der Waals surface area contributed by atoms with Crippen LogP contribution in [0.5, 0.6) is 11.5 Å². The Morgan fingerprint density at radius 3 is 2.35 bits per heavy atom. The minimum absolute atomic E-state index is 0.0386. The van der Waals surface area contributed by atoms with Gasteiger partial charge in [0.15, 0.2) is 17.3 Å². The maximum Gasteiger partial charge on any atom is 0.193 e. The van der Waals surface area contributed by atoms with Crippen LogP contribution in [0.4, 0.5) is 5.69 Å². The lowest BCUT2D eigenvalue weighted by Gasteiger charge is -2.28. The average Bonchev–Trinajstić information content (AvgIpc) is 2.62. The molecule has 0 saturated carbocycles. The fourth-order valence-corrected chi connectivity index (χ4v) is 2.64. The molecule has 1 fully saturated rings. The predicted octanol–water partition coefficient (Wildman–Crippen LogP) is 2.47. The molecule has 0 spiro atoms. The molecule has 1 heterocycles. The first kappa shape index (κ1) is 15.4. The Morgan fingerprint density at radius 1 is 1.09 bits per heavy atom. The van der Waals surface area contributed by atoms with Gasteiger partial charge in [-0.15, -0.1) is 0 Å². The summed E-state index contributed by atoms with van der Waals surface area (Å²) in [5.74, 6) is 0.184. The van der Waals surface area contributed by atoms with Crippen LogP contribution in [0.15, 0.2) is 42.5 Å². The molecular weight excluding hydrogens is 294 g/mol. The van der Waals surface area contributed by atoms with Crippen molar-refractivity contribution in [2.45, 2.75) is 0 Å². The second kappa shape index (κ2) is 6.71. The van der Waals surface area contributed by atoms with E-state index in [9.17, 15) is 9.90 Å². The molecule has 2 aromatic carbocycles. The summed E-state index contributed by atoms with van der Waals surface area (Å²) < 4.78 is 10.3. The van der Waals surface area contributed by atoms with Crippen LogP contribution in [0.1, 0.15) is 15.9 Å². The van der Waals surface area contributed by atoms with E-state index in [0.717, 1.165) is 32.0 Å². The van der Waals surface area contributed by atoms with Crippen molar-refractivity contribution in [3.05, 3.63) is 53.6 Å². The zero-order valence-electron chi connectivity index (χ0n) is 13.0. The fourth-order valence-electron chi connectivity index (χ4n) is 2.64. The number of ether oxygens (including phenoxy) is 2. The standard InChI is InChI=1S/C18H19NO4/c1-22-17-7-4-14(12-16(17)20)18(21)13-2-5-15(6-3-13)19-8-10-23-11-9-19/h2-7,12,20H,8-11H2,1H3. The molecule has 120 valence electrons. The summed E-state index contributed by atoms with van der Waals surface area (Å²) in [4.78, 5) is 14.7. The number of nitrogens with zero attached hydrogens (tertiary/aromatic N) is 1. The van der Waals surface area contributed by atoms with Crippen LogP contribution in [0.3, 0.4) is 0 Å². The lowest BCUT2D eigenvalue weighted by atomic mass is 10.0. The van der Waals surface area contributed by atoms with Crippen molar-refractivity contribution >= 4 is 11.5 Å². The van der Waals surface area contributed by atoms with Crippen LogP contribution < -0.4 is 9.64 Å². The van der Waals surface area contributed by atoms with Crippen LogP contribution in [-0.2, 0) is 4.74 Å². The van der Waals surface area contributed by atoms with Gasteiger partial charge in [-0.3, -0.25) is 4.79 Å². The number of anilines is 1. The third-order valence-corrected chi connectivity index (χ3v) is 3.95. The summed E-state index contributed by atoms with van der Waals surface area (Å²) in [5, 5.41) is 9.81. The largest absolute Gasteiger partial charge is 0.504 e. The van der Waals surface area contributed by atoms with Crippen molar-refractivity contribution < 1.29 is 19.4 Å². The quantitative estimate of drug-likeness (QED) is 0.879. The number of rotatable bonds is 4. The predicted molar refractivity (Wildman–Crippen MR) is 87.6 cm³/mol. The number of aromatic hydroxyl groups is 1. The highest BCUT2D eigenvalue weighted by Crippen LogP contribution is 2.27. The van der Waals surface area contributed by atoms with E-state index in [1.807, 2.05) is 24.3 Å². The highest BCUT2D eigenvalue weighted by molar-refractivity contribution is 6.09. The maximum absolute atomic E-state index is 12.5. The zero-order valence-corrected chi connectivity index (χ0v) is 13.0. The minimum atomic E-state index is -0.128. The first-order chi connectivity index (χ1) is 11.2. The van der Waals surface area contributed by atoms with Gasteiger partial charge in [0, 0.05) is 29.9 Å². The molecule has 1 saturated heterocycles. The summed E-state index contributed by atoms with van der Waals surface area (Å²) in [6.07, 6.45) is 0. The smallest absolute Gasteiger partial charge is 0.193 e. The number of carbonyl (C=O) groups is 1. The van der Waals surface area contributed by atoms with Crippen LogP contribution >= 0.6 is 0 Å². The van der Waals surface area contributed by atoms with Crippen LogP contribution in [-0.4, -0.2) is 44.3 Å². The van der Waals surface area contributed by atoms with Crippen molar-refractivity contribution in [3.8, 4) is 11.5 Å². The Hall–Kier alpha value is -2.53. The Balaban J connectivity index is 1.78. The normalized spacial score (nSPS) is 14.6. The number of methoxy groups -OCH3 is 1. The van der Waals surface area contributed by atoms with Gasteiger partial charge < -0.3 is 19.5 Å². The van der Waals surface area contributed by atoms with E-state index >= 15 is 0 Å². The Kier molecular flexibility index (Phi) is 4.48. The SMILES string of the molecule is COc1ccc(C(=O)c2ccc(N3CCOCC3)cc2)cc1O. The molecule has 1 N–H and O–H groups in total. The van der Waals surface area contributed by atoms with E-state index in [4.69, 9.17) is 9.47 Å². The number of benzene rings is 2. The van der Waals surface area contributed by atoms with E-state index in [1.54, 1.807) is 12.1 Å². The molecule has 0 aliphatic carbocycles. The molecule has 5 nitrogen and oxygen atoms in total. The summed E-state index contributed by atoms with van der Waals surface area (Å²) in [6.45, 7) is 3.18. The van der Waals surface area contributed by atoms with Crippen molar-refractivity contribution in [2.24, 2.45) is 0 Å². The molecule has 1 aliphatic heterocycles. The topological polar surface area (TPSA) is 59.0 Å². The van der Waals surface area contributed by atoms with Gasteiger partial charge in [0.05, 0.1) is 20.3 Å². The fraction of sp³-hybridized carbons (Fsp3) is 0.278. The van der Waals surface area contributed by atoms with Crippen LogP contribution in [0.25, 0.3) is 0 Å². The number of ketones is 1. The number of hydrogen-bond donors (Lipinski definition) is 1. The number of carbonyl (C=O) groups excluding carboxylic acids is 1. The van der Waals surface area contributed by atoms with Gasteiger partial charge in [-0.1, -0.05) is 0 Å². The monoisotopic (exact) mass is 313 g/mol. The minimum Gasteiger partial charge on any atom is -0.504 e. The summed E-state index contributed by atoms with van der Waals surface area (Å²) in [5.41, 5.74) is 2.11. The molecule has 5 heteroatoms. The molecule has 1 aliphatic rings. The second-order valence-electron chi connectivity index (χ2n) is 5.36. The van der Waals surface area contributed by atoms with Gasteiger partial charge in [-0.2, -0.15) is 0 Å². The van der Waals surface area contributed by atoms with Crippen molar-refractivity contribution in [1.82, 2.24) is 0 Å². The molecule has 0 amide bonds. The second-order valence-corrected chi connectivity index (χ2v) is 5.36. The van der Waals surface area contributed by atoms with Gasteiger partial charge >= 0.3 is 0 Å². The lowest BCUT2D eigenvalue weighted by molar-refractivity contribution is 0.103. The molecule has 0 unspecified atom stereocenters. The molecule has 0 bridgehead atoms. The zero-order chi connectivity index (χ0) is 16.2. The molecule has 0 aromatic heterocycles. The molecule has 2 aromatic rings. The van der Waals surface area contributed by atoms with Gasteiger partial charge in [0.2, 0.25) is 0 Å². The van der Waals surface area contributed by atoms with Crippen LogP contribution in [0.2, 0.25) is 0 Å². The lowest BCUT2D eigenvalue weighted by Crippen LogP contribution is -2.36. The van der Waals surface area contributed by atoms with Gasteiger partial charge in [0.1, 0.15) is 0 Å². The first-order valence-corrected chi connectivity index (χ1v) is 7.53. The highest BCUT2D eigenvalue weighted by Gasteiger charge is 2.14. The van der Waals surface area contributed by atoms with E-state index in [-0.39, 0.29) is 11.5 Å². The maximum atomic E-state index is 12.5. The van der Waals surface area contributed by atoms with E-state index < -0.39 is 0 Å². The van der Waals surface area contributed by atoms with Gasteiger partial charge in [-0.25, -0.2) is 0 Å². The molecule has 3 rings (SSSR count). The molecule has 0 radical (unpaired) electrons. The molecular formula is C18H19NO4. The van der Waals surface area contributed by atoms with Gasteiger partial charge in [-0.05, 0) is 42.5 Å². The Morgan fingerprint density at radius 2 is 1.74 bits per heavy atom. The summed E-state index contributed by atoms with van der Waals surface area (Å²) in [6, 6.07) is 12.2. The van der Waals surface area contributed by atoms with E-state index in [0.29, 0.717) is 16.9 Å².